The third kappa shape index (κ3) is 2.19. The van der Waals surface area contributed by atoms with E-state index in [1.807, 2.05) is 6.07 Å². The van der Waals surface area contributed by atoms with Crippen LogP contribution in [0.3, 0.4) is 0 Å². The summed E-state index contributed by atoms with van der Waals surface area (Å²) in [5.74, 6) is 2.14. The summed E-state index contributed by atoms with van der Waals surface area (Å²) in [5, 5.41) is 9.94. The van der Waals surface area contributed by atoms with Gasteiger partial charge in [-0.2, -0.15) is 0 Å². The van der Waals surface area contributed by atoms with Crippen molar-refractivity contribution < 1.29 is 9.84 Å². The van der Waals surface area contributed by atoms with Crippen molar-refractivity contribution in [2.75, 3.05) is 6.61 Å². The van der Waals surface area contributed by atoms with Crippen LogP contribution >= 0.6 is 0 Å². The van der Waals surface area contributed by atoms with Crippen LogP contribution in [-0.4, -0.2) is 17.8 Å². The van der Waals surface area contributed by atoms with E-state index in [4.69, 9.17) is 4.74 Å². The van der Waals surface area contributed by atoms with Crippen molar-refractivity contribution in [3.8, 4) is 5.75 Å². The molecule has 17 heavy (non-hydrogen) atoms. The Morgan fingerprint density at radius 2 is 2.06 bits per heavy atom. The summed E-state index contributed by atoms with van der Waals surface area (Å²) >= 11 is 0. The van der Waals surface area contributed by atoms with Crippen LogP contribution in [0.25, 0.3) is 0 Å². The van der Waals surface area contributed by atoms with Gasteiger partial charge in [0.2, 0.25) is 0 Å². The molecule has 0 bridgehead atoms. The molecule has 0 saturated heterocycles. The highest BCUT2D eigenvalue weighted by Gasteiger charge is 2.30. The van der Waals surface area contributed by atoms with Crippen molar-refractivity contribution in [1.82, 2.24) is 0 Å². The minimum absolute atomic E-state index is 0.0648. The lowest BCUT2D eigenvalue weighted by molar-refractivity contribution is 0.119. The van der Waals surface area contributed by atoms with Gasteiger partial charge in [-0.1, -0.05) is 24.6 Å². The van der Waals surface area contributed by atoms with Crippen LogP contribution in [0.15, 0.2) is 24.3 Å². The average Bonchev–Trinajstić information content (AvgIpc) is 2.76. The van der Waals surface area contributed by atoms with E-state index in [0.29, 0.717) is 11.8 Å². The number of ether oxygens (including phenoxy) is 1. The van der Waals surface area contributed by atoms with Crippen molar-refractivity contribution in [2.24, 2.45) is 5.92 Å². The average molecular weight is 232 g/mol. The number of benzene rings is 1. The standard InChI is InChI=1S/C15H20O2/c16-14-6-3-4-12(14)10-11-8-9-17-15-7-2-1-5-13(11)15/h1-2,5,7,11-12,14,16H,3-4,6,8-10H2. The maximum absolute atomic E-state index is 9.94. The highest BCUT2D eigenvalue weighted by Crippen LogP contribution is 2.41. The van der Waals surface area contributed by atoms with Crippen molar-refractivity contribution in [1.29, 1.82) is 0 Å². The van der Waals surface area contributed by atoms with E-state index in [2.05, 4.69) is 18.2 Å². The fraction of sp³-hybridized carbons (Fsp3) is 0.600. The third-order valence-corrected chi connectivity index (χ3v) is 4.29. The monoisotopic (exact) mass is 232 g/mol. The number of hydrogen-bond donors (Lipinski definition) is 1. The second-order valence-electron chi connectivity index (χ2n) is 5.37. The summed E-state index contributed by atoms with van der Waals surface area (Å²) in [6, 6.07) is 8.37. The first-order valence-electron chi connectivity index (χ1n) is 6.74. The molecule has 1 aromatic rings. The molecule has 1 N–H and O–H groups in total. The minimum Gasteiger partial charge on any atom is -0.493 e. The van der Waals surface area contributed by atoms with Crippen molar-refractivity contribution in [2.45, 2.75) is 44.1 Å². The molecule has 1 heterocycles. The molecule has 0 spiro atoms. The van der Waals surface area contributed by atoms with Gasteiger partial charge in [0.15, 0.2) is 0 Å². The molecule has 1 saturated carbocycles. The van der Waals surface area contributed by atoms with Gasteiger partial charge in [0.1, 0.15) is 5.75 Å². The Labute approximate surface area is 103 Å². The van der Waals surface area contributed by atoms with Gasteiger partial charge in [-0.3, -0.25) is 0 Å². The second kappa shape index (κ2) is 4.69. The molecular weight excluding hydrogens is 212 g/mol. The predicted molar refractivity (Wildman–Crippen MR) is 67.3 cm³/mol. The van der Waals surface area contributed by atoms with Crippen LogP contribution in [0.4, 0.5) is 0 Å². The Bertz CT molecular complexity index is 388. The lowest BCUT2D eigenvalue weighted by Crippen LogP contribution is -2.20. The topological polar surface area (TPSA) is 29.5 Å². The van der Waals surface area contributed by atoms with Gasteiger partial charge in [0.25, 0.3) is 0 Å². The zero-order chi connectivity index (χ0) is 11.7. The van der Waals surface area contributed by atoms with Crippen LogP contribution in [0.2, 0.25) is 0 Å². The molecule has 0 aromatic heterocycles. The molecule has 2 heteroatoms. The molecule has 3 unspecified atom stereocenters. The number of fused-ring (bicyclic) bond motifs is 1. The molecule has 1 aliphatic heterocycles. The molecule has 1 fully saturated rings. The van der Waals surface area contributed by atoms with Gasteiger partial charge >= 0.3 is 0 Å². The van der Waals surface area contributed by atoms with E-state index >= 15 is 0 Å². The maximum atomic E-state index is 9.94. The van der Waals surface area contributed by atoms with Gasteiger partial charge in [-0.05, 0) is 49.1 Å². The van der Waals surface area contributed by atoms with E-state index in [1.165, 1.54) is 18.4 Å². The molecule has 1 aromatic carbocycles. The molecule has 2 aliphatic rings. The molecule has 0 amide bonds. The summed E-state index contributed by atoms with van der Waals surface area (Å²) in [4.78, 5) is 0. The summed E-state index contributed by atoms with van der Waals surface area (Å²) < 4.78 is 5.68. The second-order valence-corrected chi connectivity index (χ2v) is 5.37. The van der Waals surface area contributed by atoms with Gasteiger partial charge in [0.05, 0.1) is 12.7 Å². The number of rotatable bonds is 2. The van der Waals surface area contributed by atoms with Crippen LogP contribution in [-0.2, 0) is 0 Å². The van der Waals surface area contributed by atoms with E-state index in [-0.39, 0.29) is 6.10 Å². The number of hydrogen-bond acceptors (Lipinski definition) is 2. The van der Waals surface area contributed by atoms with Gasteiger partial charge in [0, 0.05) is 0 Å². The molecule has 0 radical (unpaired) electrons. The van der Waals surface area contributed by atoms with Crippen molar-refractivity contribution in [3.05, 3.63) is 29.8 Å². The largest absolute Gasteiger partial charge is 0.493 e. The Balaban J connectivity index is 1.76. The number of aliphatic hydroxyl groups is 1. The fourth-order valence-electron chi connectivity index (χ4n) is 3.32. The number of para-hydroxylation sites is 1. The van der Waals surface area contributed by atoms with Gasteiger partial charge < -0.3 is 9.84 Å². The Hall–Kier alpha value is -1.02. The normalized spacial score (nSPS) is 31.9. The summed E-state index contributed by atoms with van der Waals surface area (Å²) in [6.07, 6.45) is 5.54. The van der Waals surface area contributed by atoms with Crippen LogP contribution in [0, 0.1) is 5.92 Å². The molecule has 3 rings (SSSR count). The molecule has 3 atom stereocenters. The van der Waals surface area contributed by atoms with Gasteiger partial charge in [-0.25, -0.2) is 0 Å². The van der Waals surface area contributed by atoms with E-state index in [1.54, 1.807) is 0 Å². The Morgan fingerprint density at radius 3 is 2.88 bits per heavy atom. The fourth-order valence-corrected chi connectivity index (χ4v) is 3.32. The highest BCUT2D eigenvalue weighted by atomic mass is 16.5. The zero-order valence-electron chi connectivity index (χ0n) is 10.1. The first-order chi connectivity index (χ1) is 8.34. The van der Waals surface area contributed by atoms with Gasteiger partial charge in [-0.15, -0.1) is 0 Å². The Morgan fingerprint density at radius 1 is 1.18 bits per heavy atom. The van der Waals surface area contributed by atoms with Crippen LogP contribution in [0.5, 0.6) is 5.75 Å². The third-order valence-electron chi connectivity index (χ3n) is 4.29. The molecule has 92 valence electrons. The first-order valence-corrected chi connectivity index (χ1v) is 6.74. The van der Waals surface area contributed by atoms with Crippen LogP contribution < -0.4 is 4.74 Å². The predicted octanol–water partition coefficient (Wildman–Crippen LogP) is 3.10. The smallest absolute Gasteiger partial charge is 0.122 e. The zero-order valence-corrected chi connectivity index (χ0v) is 10.1. The first kappa shape index (κ1) is 11.1. The Kier molecular flexibility index (Phi) is 3.06. The number of aliphatic hydroxyl groups excluding tert-OH is 1. The van der Waals surface area contributed by atoms with Crippen LogP contribution in [0.1, 0.15) is 43.6 Å². The lowest BCUT2D eigenvalue weighted by Gasteiger charge is -2.28. The summed E-state index contributed by atoms with van der Waals surface area (Å²) in [6.45, 7) is 0.824. The maximum Gasteiger partial charge on any atom is 0.122 e. The summed E-state index contributed by atoms with van der Waals surface area (Å²) in [7, 11) is 0. The van der Waals surface area contributed by atoms with E-state index in [9.17, 15) is 5.11 Å². The molecule has 1 aliphatic carbocycles. The lowest BCUT2D eigenvalue weighted by atomic mass is 9.84. The summed E-state index contributed by atoms with van der Waals surface area (Å²) in [5.41, 5.74) is 1.35. The van der Waals surface area contributed by atoms with E-state index < -0.39 is 0 Å². The minimum atomic E-state index is -0.0648. The van der Waals surface area contributed by atoms with E-state index in [0.717, 1.165) is 31.6 Å². The van der Waals surface area contributed by atoms with Crippen molar-refractivity contribution >= 4 is 0 Å². The quantitative estimate of drug-likeness (QED) is 0.849. The SMILES string of the molecule is OC1CCCC1CC1CCOc2ccccc21. The highest BCUT2D eigenvalue weighted by molar-refractivity contribution is 5.37. The van der Waals surface area contributed by atoms with Crippen molar-refractivity contribution in [3.63, 3.8) is 0 Å². The molecule has 2 nitrogen and oxygen atoms in total. The molecular formula is C15H20O2.